The number of aromatic amines is 1. The molecule has 0 saturated carbocycles. The lowest BCUT2D eigenvalue weighted by Crippen LogP contribution is -2.47. The topological polar surface area (TPSA) is 108 Å². The van der Waals surface area contributed by atoms with Crippen LogP contribution >= 0.6 is 0 Å². The Morgan fingerprint density at radius 3 is 2.30 bits per heavy atom. The maximum atomic E-state index is 13.6. The summed E-state index contributed by atoms with van der Waals surface area (Å²) in [5.74, 6) is 1.18. The molecule has 2 fully saturated rings. The number of H-pyrrole nitrogens is 1. The smallest absolute Gasteiger partial charge is 0.324 e. The van der Waals surface area contributed by atoms with Crippen LogP contribution in [0.3, 0.4) is 0 Å². The number of nitrogens with one attached hydrogen (secondary N) is 3. The number of benzene rings is 3. The molecule has 3 N–H and O–H groups in total. The number of aromatic nitrogens is 4. The average Bonchev–Trinajstić information content (AvgIpc) is 3.72. The van der Waals surface area contributed by atoms with Gasteiger partial charge in [0.1, 0.15) is 5.82 Å². The Kier molecular flexibility index (Phi) is 7.63. The second kappa shape index (κ2) is 11.8. The molecular formula is C37H41N7O2. The summed E-state index contributed by atoms with van der Waals surface area (Å²) in [6.45, 7) is 8.37. The fourth-order valence-electron chi connectivity index (χ4n) is 7.09. The molecule has 0 aliphatic carbocycles. The van der Waals surface area contributed by atoms with Crippen LogP contribution in [-0.2, 0) is 11.8 Å². The molecule has 2 atom stereocenters. The molecule has 4 heterocycles. The van der Waals surface area contributed by atoms with Crippen molar-refractivity contribution in [3.63, 3.8) is 0 Å². The summed E-state index contributed by atoms with van der Waals surface area (Å²) in [6, 6.07) is 26.1. The van der Waals surface area contributed by atoms with Gasteiger partial charge in [-0.1, -0.05) is 68.8 Å². The number of carbonyl (C=O) groups excluding carboxylic acids is 2. The molecule has 3 amide bonds. The van der Waals surface area contributed by atoms with Crippen molar-refractivity contribution in [2.75, 3.05) is 10.6 Å². The number of urea groups is 1. The highest BCUT2D eigenvalue weighted by Crippen LogP contribution is 2.41. The molecule has 0 radical (unpaired) electrons. The molecule has 2 saturated heterocycles. The summed E-state index contributed by atoms with van der Waals surface area (Å²) in [5, 5.41) is 19.1. The normalized spacial score (nSPS) is 19.4. The van der Waals surface area contributed by atoms with E-state index in [9.17, 15) is 9.59 Å². The number of fused-ring (bicyclic) bond motifs is 3. The predicted octanol–water partition coefficient (Wildman–Crippen LogP) is 7.62. The summed E-state index contributed by atoms with van der Waals surface area (Å²) in [6.07, 6.45) is 5.05. The molecule has 5 aromatic rings. The Bertz CT molecular complexity index is 1870. The van der Waals surface area contributed by atoms with Crippen molar-refractivity contribution >= 4 is 34.3 Å². The minimum atomic E-state index is -0.320. The zero-order chi connectivity index (χ0) is 32.0. The Labute approximate surface area is 269 Å². The highest BCUT2D eigenvalue weighted by Gasteiger charge is 2.44. The first-order valence-electron chi connectivity index (χ1n) is 16.2. The van der Waals surface area contributed by atoms with E-state index in [4.69, 9.17) is 5.10 Å². The number of anilines is 2. The Hall–Kier alpha value is -4.92. The standard InChI is InChI=1S/C37H41N7O2/c1-23-9-15-27(16-10-23)44-33(22-32(42-44)37(2,3)4)39-36(46)38-26-13-11-24(12-14-26)19-25-20-28-17-18-29(21-25)43(28)35(45)34-30-7-5-6-8-31(30)40-41-34/h5-16,22,25,28-29H,17-21H2,1-4H3,(H,40,41)(H2,38,39,46). The molecule has 2 aromatic heterocycles. The average molecular weight is 616 g/mol. The van der Waals surface area contributed by atoms with E-state index in [1.165, 1.54) is 5.56 Å². The molecule has 2 aliphatic heterocycles. The third kappa shape index (κ3) is 5.89. The van der Waals surface area contributed by atoms with Crippen LogP contribution < -0.4 is 10.6 Å². The minimum absolute atomic E-state index is 0.0497. The largest absolute Gasteiger partial charge is 0.331 e. The molecule has 0 spiro atoms. The molecule has 236 valence electrons. The maximum Gasteiger partial charge on any atom is 0.324 e. The van der Waals surface area contributed by atoms with Gasteiger partial charge in [-0.2, -0.15) is 10.2 Å². The molecule has 9 heteroatoms. The van der Waals surface area contributed by atoms with Gasteiger partial charge in [0.15, 0.2) is 5.69 Å². The predicted molar refractivity (Wildman–Crippen MR) is 182 cm³/mol. The van der Waals surface area contributed by atoms with Gasteiger partial charge in [-0.05, 0) is 80.8 Å². The quantitative estimate of drug-likeness (QED) is 0.183. The van der Waals surface area contributed by atoms with Gasteiger partial charge in [0.05, 0.1) is 16.9 Å². The summed E-state index contributed by atoms with van der Waals surface area (Å²) < 4.78 is 1.78. The fraction of sp³-hybridized carbons (Fsp3) is 0.351. The first-order chi connectivity index (χ1) is 22.1. The number of carbonyl (C=O) groups is 2. The van der Waals surface area contributed by atoms with E-state index in [1.807, 2.05) is 73.7 Å². The molecule has 7 rings (SSSR count). The lowest BCUT2D eigenvalue weighted by molar-refractivity contribution is 0.0520. The third-order valence-corrected chi connectivity index (χ3v) is 9.47. The number of piperidine rings is 1. The van der Waals surface area contributed by atoms with Crippen LogP contribution in [0.4, 0.5) is 16.3 Å². The minimum Gasteiger partial charge on any atom is -0.331 e. The van der Waals surface area contributed by atoms with Crippen LogP contribution in [-0.4, -0.2) is 48.9 Å². The molecule has 2 bridgehead atoms. The number of hydrogen-bond donors (Lipinski definition) is 3. The maximum absolute atomic E-state index is 13.6. The summed E-state index contributed by atoms with van der Waals surface area (Å²) in [5.41, 5.74) is 6.17. The number of rotatable bonds is 6. The highest BCUT2D eigenvalue weighted by molar-refractivity contribution is 6.05. The van der Waals surface area contributed by atoms with Gasteiger partial charge in [0.2, 0.25) is 0 Å². The highest BCUT2D eigenvalue weighted by atomic mass is 16.2. The van der Waals surface area contributed by atoms with E-state index >= 15 is 0 Å². The van der Waals surface area contributed by atoms with Gasteiger partial charge < -0.3 is 10.2 Å². The van der Waals surface area contributed by atoms with Crippen molar-refractivity contribution in [1.29, 1.82) is 0 Å². The zero-order valence-electron chi connectivity index (χ0n) is 26.9. The Balaban J connectivity index is 0.977. The summed E-state index contributed by atoms with van der Waals surface area (Å²) in [7, 11) is 0. The van der Waals surface area contributed by atoms with Crippen molar-refractivity contribution in [3.8, 4) is 5.69 Å². The number of para-hydroxylation sites is 1. The van der Waals surface area contributed by atoms with E-state index in [1.54, 1.807) is 4.68 Å². The zero-order valence-corrected chi connectivity index (χ0v) is 26.9. The first-order valence-corrected chi connectivity index (χ1v) is 16.2. The van der Waals surface area contributed by atoms with Crippen molar-refractivity contribution in [2.24, 2.45) is 5.92 Å². The van der Waals surface area contributed by atoms with Crippen LogP contribution in [0.5, 0.6) is 0 Å². The van der Waals surface area contributed by atoms with Gasteiger partial charge in [-0.3, -0.25) is 15.2 Å². The summed E-state index contributed by atoms with van der Waals surface area (Å²) >= 11 is 0. The third-order valence-electron chi connectivity index (χ3n) is 9.47. The molecular weight excluding hydrogens is 574 g/mol. The van der Waals surface area contributed by atoms with Gasteiger partial charge in [0.25, 0.3) is 5.91 Å². The molecule has 46 heavy (non-hydrogen) atoms. The van der Waals surface area contributed by atoms with Crippen molar-refractivity contribution in [3.05, 3.63) is 101 Å². The van der Waals surface area contributed by atoms with Crippen molar-refractivity contribution in [2.45, 2.75) is 77.3 Å². The van der Waals surface area contributed by atoms with E-state index in [2.05, 4.69) is 58.6 Å². The van der Waals surface area contributed by atoms with Crippen LogP contribution in [0, 0.1) is 12.8 Å². The second-order valence-corrected chi connectivity index (χ2v) is 13.9. The SMILES string of the molecule is Cc1ccc(-n2nc(C(C)(C)C)cc2NC(=O)Nc2ccc(CC3CC4CCC(C3)N4C(=O)c3n[nH]c4ccccc34)cc2)cc1. The van der Waals surface area contributed by atoms with Gasteiger partial charge in [0, 0.05) is 34.6 Å². The van der Waals surface area contributed by atoms with E-state index < -0.39 is 0 Å². The van der Waals surface area contributed by atoms with Crippen LogP contribution in [0.1, 0.15) is 73.8 Å². The first kappa shape index (κ1) is 29.8. The number of amides is 3. The van der Waals surface area contributed by atoms with Crippen LogP contribution in [0.25, 0.3) is 16.6 Å². The lowest BCUT2D eigenvalue weighted by atomic mass is 9.85. The van der Waals surface area contributed by atoms with E-state index in [-0.39, 0.29) is 29.4 Å². The Morgan fingerprint density at radius 2 is 1.61 bits per heavy atom. The molecule has 2 unspecified atom stereocenters. The number of nitrogens with zero attached hydrogens (tertiary/aromatic N) is 4. The second-order valence-electron chi connectivity index (χ2n) is 13.9. The number of aryl methyl sites for hydroxylation is 1. The van der Waals surface area contributed by atoms with Crippen molar-refractivity contribution < 1.29 is 9.59 Å². The van der Waals surface area contributed by atoms with Crippen LogP contribution in [0.15, 0.2) is 78.9 Å². The molecule has 3 aromatic carbocycles. The van der Waals surface area contributed by atoms with Gasteiger partial charge in [-0.15, -0.1) is 0 Å². The van der Waals surface area contributed by atoms with Crippen LogP contribution in [0.2, 0.25) is 0 Å². The molecule has 2 aliphatic rings. The lowest BCUT2D eigenvalue weighted by Gasteiger charge is -2.39. The molecule has 9 nitrogen and oxygen atoms in total. The van der Waals surface area contributed by atoms with Gasteiger partial charge in [-0.25, -0.2) is 9.48 Å². The summed E-state index contributed by atoms with van der Waals surface area (Å²) in [4.78, 5) is 28.8. The van der Waals surface area contributed by atoms with Gasteiger partial charge >= 0.3 is 6.03 Å². The number of hydrogen-bond acceptors (Lipinski definition) is 4. The monoisotopic (exact) mass is 615 g/mol. The van der Waals surface area contributed by atoms with Crippen molar-refractivity contribution in [1.82, 2.24) is 24.9 Å². The fourth-order valence-corrected chi connectivity index (χ4v) is 7.09. The Morgan fingerprint density at radius 1 is 0.913 bits per heavy atom. The van der Waals surface area contributed by atoms with E-state index in [0.29, 0.717) is 17.4 Å². The van der Waals surface area contributed by atoms with E-state index in [0.717, 1.165) is 65.6 Å².